The normalized spacial score (nSPS) is 20.9. The largest absolute Gasteiger partial charge is 0.452 e. The van der Waals surface area contributed by atoms with E-state index >= 15 is 0 Å². The highest BCUT2D eigenvalue weighted by molar-refractivity contribution is 7.89. The van der Waals surface area contributed by atoms with E-state index in [0.717, 1.165) is 32.1 Å². The molecule has 1 atom stereocenters. The lowest BCUT2D eigenvalue weighted by atomic mass is 9.96. The van der Waals surface area contributed by atoms with E-state index in [4.69, 9.17) is 9.47 Å². The number of hydrogen-bond donors (Lipinski definition) is 0. The smallest absolute Gasteiger partial charge is 0.338 e. The Morgan fingerprint density at radius 1 is 1.17 bits per heavy atom. The molecule has 8 nitrogen and oxygen atoms in total. The first kappa shape index (κ1) is 22.7. The molecule has 166 valence electrons. The van der Waals surface area contributed by atoms with Crippen molar-refractivity contribution in [1.82, 2.24) is 9.21 Å². The molecular formula is C21H30N2O6S. The highest BCUT2D eigenvalue weighted by atomic mass is 32.2. The molecule has 1 aliphatic heterocycles. The number of sulfonamides is 1. The molecule has 30 heavy (non-hydrogen) atoms. The average Bonchev–Trinajstić information content (AvgIpc) is 2.77. The summed E-state index contributed by atoms with van der Waals surface area (Å²) in [5.74, 6) is -0.930. The van der Waals surface area contributed by atoms with Crippen LogP contribution in [0, 0.1) is 0 Å². The Morgan fingerprint density at radius 3 is 2.47 bits per heavy atom. The fourth-order valence-corrected chi connectivity index (χ4v) is 5.33. The molecule has 1 aromatic rings. The summed E-state index contributed by atoms with van der Waals surface area (Å²) in [6.45, 7) is 2.94. The SMILES string of the molecule is CC1CN(C(=O)COC(=O)c2ccc(S(=O)(=O)N(C)C3CCCCC3)cc2)CCO1. The van der Waals surface area contributed by atoms with Crippen LogP contribution in [-0.2, 0) is 24.3 Å². The van der Waals surface area contributed by atoms with Crippen molar-refractivity contribution in [3.8, 4) is 0 Å². The Bertz CT molecular complexity index is 849. The topological polar surface area (TPSA) is 93.2 Å². The van der Waals surface area contributed by atoms with Crippen LogP contribution in [0.15, 0.2) is 29.2 Å². The summed E-state index contributed by atoms with van der Waals surface area (Å²) in [7, 11) is -2.00. The summed E-state index contributed by atoms with van der Waals surface area (Å²) in [6.07, 6.45) is 4.93. The van der Waals surface area contributed by atoms with E-state index in [2.05, 4.69) is 0 Å². The maximum atomic E-state index is 12.9. The van der Waals surface area contributed by atoms with Crippen LogP contribution < -0.4 is 0 Å². The lowest BCUT2D eigenvalue weighted by Gasteiger charge is -2.31. The van der Waals surface area contributed by atoms with Crippen molar-refractivity contribution in [1.29, 1.82) is 0 Å². The molecule has 0 spiro atoms. The fourth-order valence-electron chi connectivity index (χ4n) is 3.92. The lowest BCUT2D eigenvalue weighted by molar-refractivity contribution is -0.141. The maximum absolute atomic E-state index is 12.9. The minimum absolute atomic E-state index is 0.0160. The first-order chi connectivity index (χ1) is 14.3. The van der Waals surface area contributed by atoms with Gasteiger partial charge in [0.05, 0.1) is 23.2 Å². The first-order valence-electron chi connectivity index (χ1n) is 10.4. The number of ether oxygens (including phenoxy) is 2. The van der Waals surface area contributed by atoms with Crippen LogP contribution in [0.3, 0.4) is 0 Å². The van der Waals surface area contributed by atoms with Gasteiger partial charge in [-0.1, -0.05) is 19.3 Å². The minimum Gasteiger partial charge on any atom is -0.452 e. The van der Waals surface area contributed by atoms with Gasteiger partial charge in [-0.3, -0.25) is 4.79 Å². The zero-order chi connectivity index (χ0) is 21.7. The quantitative estimate of drug-likeness (QED) is 0.631. The molecule has 1 amide bonds. The summed E-state index contributed by atoms with van der Waals surface area (Å²) in [5, 5.41) is 0. The van der Waals surface area contributed by atoms with Gasteiger partial charge in [0.15, 0.2) is 6.61 Å². The van der Waals surface area contributed by atoms with Crippen molar-refractivity contribution in [2.75, 3.05) is 33.4 Å². The van der Waals surface area contributed by atoms with Crippen molar-refractivity contribution in [2.45, 2.75) is 56.1 Å². The Labute approximate surface area is 178 Å². The molecule has 9 heteroatoms. The fraction of sp³-hybridized carbons (Fsp3) is 0.619. The molecule has 1 aromatic carbocycles. The van der Waals surface area contributed by atoms with Gasteiger partial charge in [-0.15, -0.1) is 0 Å². The monoisotopic (exact) mass is 438 g/mol. The number of carbonyl (C=O) groups excluding carboxylic acids is 2. The summed E-state index contributed by atoms with van der Waals surface area (Å²) in [5.41, 5.74) is 0.206. The summed E-state index contributed by atoms with van der Waals surface area (Å²) >= 11 is 0. The second-order valence-corrected chi connectivity index (χ2v) is 9.93. The van der Waals surface area contributed by atoms with E-state index in [-0.39, 0.29) is 35.1 Å². The molecule has 2 fully saturated rings. The molecular weight excluding hydrogens is 408 g/mol. The number of nitrogens with zero attached hydrogens (tertiary/aromatic N) is 2. The van der Waals surface area contributed by atoms with Gasteiger partial charge in [0, 0.05) is 26.2 Å². The number of amides is 1. The molecule has 0 N–H and O–H groups in total. The Morgan fingerprint density at radius 2 is 1.83 bits per heavy atom. The van der Waals surface area contributed by atoms with Gasteiger partial charge in [0.2, 0.25) is 10.0 Å². The summed E-state index contributed by atoms with van der Waals surface area (Å²) in [4.78, 5) is 26.2. The van der Waals surface area contributed by atoms with E-state index in [0.29, 0.717) is 19.7 Å². The van der Waals surface area contributed by atoms with Gasteiger partial charge >= 0.3 is 5.97 Å². The van der Waals surface area contributed by atoms with E-state index < -0.39 is 16.0 Å². The van der Waals surface area contributed by atoms with Gasteiger partial charge in [-0.25, -0.2) is 13.2 Å². The van der Waals surface area contributed by atoms with Crippen LogP contribution in [-0.4, -0.2) is 75.0 Å². The Kier molecular flexibility index (Phi) is 7.49. The minimum atomic E-state index is -3.62. The summed E-state index contributed by atoms with van der Waals surface area (Å²) in [6, 6.07) is 5.69. The van der Waals surface area contributed by atoms with Crippen molar-refractivity contribution in [3.63, 3.8) is 0 Å². The molecule has 0 bridgehead atoms. The van der Waals surface area contributed by atoms with Crippen molar-refractivity contribution >= 4 is 21.9 Å². The second-order valence-electron chi connectivity index (χ2n) is 7.93. The molecule has 1 aliphatic carbocycles. The van der Waals surface area contributed by atoms with E-state index in [1.165, 1.54) is 28.6 Å². The Balaban J connectivity index is 1.57. The molecule has 0 radical (unpaired) electrons. The zero-order valence-corrected chi connectivity index (χ0v) is 18.4. The van der Waals surface area contributed by atoms with Crippen LogP contribution in [0.25, 0.3) is 0 Å². The Hall–Kier alpha value is -1.97. The molecule has 1 heterocycles. The van der Waals surface area contributed by atoms with Crippen LogP contribution in [0.2, 0.25) is 0 Å². The third-order valence-electron chi connectivity index (χ3n) is 5.78. The van der Waals surface area contributed by atoms with E-state index in [1.807, 2.05) is 6.92 Å². The third kappa shape index (κ3) is 5.39. The predicted molar refractivity (Wildman–Crippen MR) is 111 cm³/mol. The number of benzene rings is 1. The standard InChI is InChI=1S/C21H30N2O6S/c1-16-14-23(12-13-28-16)20(24)15-29-21(25)17-8-10-19(11-9-17)30(26,27)22(2)18-6-4-3-5-7-18/h8-11,16,18H,3-7,12-15H2,1-2H3. The first-order valence-corrected chi connectivity index (χ1v) is 11.9. The second kappa shape index (κ2) is 9.89. The third-order valence-corrected chi connectivity index (χ3v) is 7.70. The van der Waals surface area contributed by atoms with Gasteiger partial charge in [-0.2, -0.15) is 4.31 Å². The predicted octanol–water partition coefficient (Wildman–Crippen LogP) is 2.04. The van der Waals surface area contributed by atoms with Crippen molar-refractivity contribution < 1.29 is 27.5 Å². The van der Waals surface area contributed by atoms with Crippen LogP contribution in [0.5, 0.6) is 0 Å². The van der Waals surface area contributed by atoms with Gasteiger partial charge < -0.3 is 14.4 Å². The molecule has 2 aliphatic rings. The lowest BCUT2D eigenvalue weighted by Crippen LogP contribution is -2.46. The molecule has 1 saturated carbocycles. The van der Waals surface area contributed by atoms with Crippen molar-refractivity contribution in [3.05, 3.63) is 29.8 Å². The number of rotatable bonds is 6. The average molecular weight is 439 g/mol. The molecule has 1 saturated heterocycles. The van der Waals surface area contributed by atoms with E-state index in [9.17, 15) is 18.0 Å². The van der Waals surface area contributed by atoms with Gasteiger partial charge in [-0.05, 0) is 44.0 Å². The van der Waals surface area contributed by atoms with Crippen LogP contribution >= 0.6 is 0 Å². The highest BCUT2D eigenvalue weighted by Gasteiger charge is 2.29. The maximum Gasteiger partial charge on any atom is 0.338 e. The van der Waals surface area contributed by atoms with Gasteiger partial charge in [0.25, 0.3) is 5.91 Å². The molecule has 3 rings (SSSR count). The van der Waals surface area contributed by atoms with Crippen molar-refractivity contribution in [2.24, 2.45) is 0 Å². The van der Waals surface area contributed by atoms with E-state index in [1.54, 1.807) is 11.9 Å². The van der Waals surface area contributed by atoms with Gasteiger partial charge in [0.1, 0.15) is 0 Å². The molecule has 1 unspecified atom stereocenters. The van der Waals surface area contributed by atoms with Crippen LogP contribution in [0.1, 0.15) is 49.4 Å². The number of hydrogen-bond acceptors (Lipinski definition) is 6. The summed E-state index contributed by atoms with van der Waals surface area (Å²) < 4.78 is 37.7. The van der Waals surface area contributed by atoms with Crippen LogP contribution in [0.4, 0.5) is 0 Å². The molecule has 0 aromatic heterocycles. The number of carbonyl (C=O) groups is 2. The number of esters is 1. The highest BCUT2D eigenvalue weighted by Crippen LogP contribution is 2.26. The number of morpholine rings is 1. The zero-order valence-electron chi connectivity index (χ0n) is 17.6.